The van der Waals surface area contributed by atoms with Crippen molar-refractivity contribution in [2.24, 2.45) is 0 Å². The van der Waals surface area contributed by atoms with Crippen molar-refractivity contribution in [1.82, 2.24) is 19.9 Å². The Morgan fingerprint density at radius 3 is 2.95 bits per heavy atom. The Balaban J connectivity index is 1.65. The van der Waals surface area contributed by atoms with Crippen LogP contribution in [0.4, 0.5) is 0 Å². The third kappa shape index (κ3) is 2.21. The summed E-state index contributed by atoms with van der Waals surface area (Å²) < 4.78 is 0. The van der Waals surface area contributed by atoms with Crippen molar-refractivity contribution >= 4 is 28.4 Å². The van der Waals surface area contributed by atoms with Crippen LogP contribution in [-0.4, -0.2) is 38.8 Å². The van der Waals surface area contributed by atoms with Crippen molar-refractivity contribution in [3.8, 4) is 10.6 Å². The number of hydrogen-bond donors (Lipinski definition) is 1. The zero-order valence-electron chi connectivity index (χ0n) is 11.4. The number of fused-ring (bicyclic) bond motifs is 1. The number of nitrogens with zero attached hydrogens (tertiary/aromatic N) is 3. The lowest BCUT2D eigenvalue weighted by atomic mass is 10.3. The summed E-state index contributed by atoms with van der Waals surface area (Å²) in [4.78, 5) is 28.0. The first-order chi connectivity index (χ1) is 10.3. The second kappa shape index (κ2) is 4.96. The fourth-order valence-electron chi connectivity index (χ4n) is 2.62. The summed E-state index contributed by atoms with van der Waals surface area (Å²) in [5.74, 6) is 0.138. The molecule has 6 heteroatoms. The summed E-state index contributed by atoms with van der Waals surface area (Å²) in [5.41, 5.74) is 2.43. The van der Waals surface area contributed by atoms with Gasteiger partial charge in [0.2, 0.25) is 0 Å². The number of H-pyrrole nitrogens is 1. The van der Waals surface area contributed by atoms with Gasteiger partial charge in [0.15, 0.2) is 5.65 Å². The number of nitrogens with one attached hydrogen (secondary N) is 1. The number of carbonyl (C=O) groups is 1. The van der Waals surface area contributed by atoms with E-state index in [4.69, 9.17) is 0 Å². The fraction of sp³-hybridized carbons (Fsp3) is 0.267. The third-order valence-corrected chi connectivity index (χ3v) is 4.82. The normalized spacial score (nSPS) is 15.0. The summed E-state index contributed by atoms with van der Waals surface area (Å²) in [6.45, 7) is 1.75. The molecule has 21 heavy (non-hydrogen) atoms. The average molecular weight is 298 g/mol. The van der Waals surface area contributed by atoms with Crippen LogP contribution in [0.25, 0.3) is 21.7 Å². The largest absolute Gasteiger partial charge is 0.345 e. The van der Waals surface area contributed by atoms with Gasteiger partial charge in [-0.05, 0) is 31.0 Å². The SMILES string of the molecule is O=C(c1ccc(-c2cnc3[nH]ccc3n2)s1)N1CCCC1. The Hall–Kier alpha value is -2.21. The number of aromatic amines is 1. The lowest BCUT2D eigenvalue weighted by molar-refractivity contribution is 0.0797. The van der Waals surface area contributed by atoms with Crippen molar-refractivity contribution in [2.45, 2.75) is 12.8 Å². The molecule has 1 N–H and O–H groups in total. The van der Waals surface area contributed by atoms with Crippen LogP contribution in [0.5, 0.6) is 0 Å². The minimum atomic E-state index is 0.138. The molecule has 0 aromatic carbocycles. The molecule has 0 aliphatic carbocycles. The minimum Gasteiger partial charge on any atom is -0.345 e. The van der Waals surface area contributed by atoms with E-state index in [9.17, 15) is 4.79 Å². The van der Waals surface area contributed by atoms with Crippen LogP contribution < -0.4 is 0 Å². The molecule has 0 saturated carbocycles. The second-order valence-electron chi connectivity index (χ2n) is 5.13. The van der Waals surface area contributed by atoms with Gasteiger partial charge in [0.25, 0.3) is 5.91 Å². The van der Waals surface area contributed by atoms with Gasteiger partial charge in [0.1, 0.15) is 5.52 Å². The predicted molar refractivity (Wildman–Crippen MR) is 82.3 cm³/mol. The third-order valence-electron chi connectivity index (χ3n) is 3.72. The smallest absolute Gasteiger partial charge is 0.263 e. The topological polar surface area (TPSA) is 61.9 Å². The van der Waals surface area contributed by atoms with Crippen LogP contribution in [0.3, 0.4) is 0 Å². The van der Waals surface area contributed by atoms with E-state index in [1.807, 2.05) is 29.3 Å². The van der Waals surface area contributed by atoms with Crippen LogP contribution in [0.2, 0.25) is 0 Å². The van der Waals surface area contributed by atoms with E-state index in [-0.39, 0.29) is 5.91 Å². The summed E-state index contributed by atoms with van der Waals surface area (Å²) in [7, 11) is 0. The highest BCUT2D eigenvalue weighted by molar-refractivity contribution is 7.17. The van der Waals surface area contributed by atoms with Crippen molar-refractivity contribution < 1.29 is 4.79 Å². The maximum absolute atomic E-state index is 12.4. The summed E-state index contributed by atoms with van der Waals surface area (Å²) in [5, 5.41) is 0. The zero-order valence-corrected chi connectivity index (χ0v) is 12.2. The van der Waals surface area contributed by atoms with Gasteiger partial charge in [-0.15, -0.1) is 11.3 Å². The first-order valence-electron chi connectivity index (χ1n) is 7.01. The van der Waals surface area contributed by atoms with Crippen LogP contribution >= 0.6 is 11.3 Å². The molecule has 3 aromatic heterocycles. The number of thiophene rings is 1. The first-order valence-corrected chi connectivity index (χ1v) is 7.82. The monoisotopic (exact) mass is 298 g/mol. The van der Waals surface area contributed by atoms with Crippen LogP contribution in [0.15, 0.2) is 30.6 Å². The van der Waals surface area contributed by atoms with E-state index in [1.165, 1.54) is 11.3 Å². The molecule has 106 valence electrons. The standard InChI is InChI=1S/C15H14N4OS/c20-15(19-7-1-2-8-19)13-4-3-12(21-13)11-9-17-14-10(18-11)5-6-16-14/h3-6,9H,1-2,7-8H2,(H,16,17). The number of carbonyl (C=O) groups excluding carboxylic acids is 1. The fourth-order valence-corrected chi connectivity index (χ4v) is 3.54. The molecule has 1 amide bonds. The van der Waals surface area contributed by atoms with Crippen LogP contribution in [0, 0.1) is 0 Å². The van der Waals surface area contributed by atoms with E-state index in [0.717, 1.165) is 52.5 Å². The van der Waals surface area contributed by atoms with Gasteiger partial charge in [-0.2, -0.15) is 0 Å². The number of hydrogen-bond acceptors (Lipinski definition) is 4. The van der Waals surface area contributed by atoms with Crippen LogP contribution in [-0.2, 0) is 0 Å². The van der Waals surface area contributed by atoms with Gasteiger partial charge >= 0.3 is 0 Å². The first kappa shape index (κ1) is 12.5. The highest BCUT2D eigenvalue weighted by Gasteiger charge is 2.21. The van der Waals surface area contributed by atoms with Crippen molar-refractivity contribution in [3.05, 3.63) is 35.5 Å². The number of aromatic nitrogens is 3. The molecule has 1 fully saturated rings. The lowest BCUT2D eigenvalue weighted by Gasteiger charge is -2.13. The molecular formula is C15H14N4OS. The van der Waals surface area contributed by atoms with Gasteiger partial charge in [0.05, 0.1) is 21.6 Å². The highest BCUT2D eigenvalue weighted by Crippen LogP contribution is 2.28. The lowest BCUT2D eigenvalue weighted by Crippen LogP contribution is -2.26. The molecule has 0 spiro atoms. The molecule has 4 heterocycles. The Bertz CT molecular complexity index is 801. The zero-order chi connectivity index (χ0) is 14.2. The highest BCUT2D eigenvalue weighted by atomic mass is 32.1. The van der Waals surface area contributed by atoms with Gasteiger partial charge in [-0.25, -0.2) is 9.97 Å². The summed E-state index contributed by atoms with van der Waals surface area (Å²) >= 11 is 1.49. The maximum Gasteiger partial charge on any atom is 0.263 e. The number of likely N-dealkylation sites (tertiary alicyclic amines) is 1. The van der Waals surface area contributed by atoms with E-state index in [2.05, 4.69) is 15.0 Å². The maximum atomic E-state index is 12.4. The van der Waals surface area contributed by atoms with Gasteiger partial charge in [-0.3, -0.25) is 4.79 Å². The molecule has 4 rings (SSSR count). The molecule has 3 aromatic rings. The van der Waals surface area contributed by atoms with Gasteiger partial charge in [0, 0.05) is 19.3 Å². The van der Waals surface area contributed by atoms with Crippen molar-refractivity contribution in [2.75, 3.05) is 13.1 Å². The Kier molecular flexibility index (Phi) is 2.96. The minimum absolute atomic E-state index is 0.138. The van der Waals surface area contributed by atoms with E-state index in [1.54, 1.807) is 6.20 Å². The Morgan fingerprint density at radius 1 is 1.24 bits per heavy atom. The summed E-state index contributed by atoms with van der Waals surface area (Å²) in [6.07, 6.45) is 5.79. The predicted octanol–water partition coefficient (Wildman–Crippen LogP) is 2.92. The van der Waals surface area contributed by atoms with E-state index < -0.39 is 0 Å². The number of amides is 1. The van der Waals surface area contributed by atoms with E-state index >= 15 is 0 Å². The Morgan fingerprint density at radius 2 is 2.10 bits per heavy atom. The molecule has 0 atom stereocenters. The van der Waals surface area contributed by atoms with E-state index in [0.29, 0.717) is 0 Å². The summed E-state index contributed by atoms with van der Waals surface area (Å²) in [6, 6.07) is 5.75. The van der Waals surface area contributed by atoms with Crippen LogP contribution in [0.1, 0.15) is 22.5 Å². The molecule has 0 bridgehead atoms. The Labute approximate surface area is 125 Å². The molecule has 1 saturated heterocycles. The average Bonchev–Trinajstić information content (AvgIpc) is 3.25. The quantitative estimate of drug-likeness (QED) is 0.791. The molecular weight excluding hydrogens is 284 g/mol. The molecule has 1 aliphatic heterocycles. The molecule has 5 nitrogen and oxygen atoms in total. The second-order valence-corrected chi connectivity index (χ2v) is 6.21. The number of rotatable bonds is 2. The van der Waals surface area contributed by atoms with Crippen molar-refractivity contribution in [1.29, 1.82) is 0 Å². The molecule has 0 unspecified atom stereocenters. The molecule has 1 aliphatic rings. The van der Waals surface area contributed by atoms with Gasteiger partial charge in [-0.1, -0.05) is 0 Å². The van der Waals surface area contributed by atoms with Crippen molar-refractivity contribution in [3.63, 3.8) is 0 Å². The molecule has 0 radical (unpaired) electrons. The van der Waals surface area contributed by atoms with Gasteiger partial charge < -0.3 is 9.88 Å².